The minimum absolute atomic E-state index is 0.147. The second kappa shape index (κ2) is 4.49. The Morgan fingerprint density at radius 3 is 2.76 bits per heavy atom. The van der Waals surface area contributed by atoms with Crippen LogP contribution in [0.25, 0.3) is 22.4 Å². The molecule has 0 unspecified atom stereocenters. The summed E-state index contributed by atoms with van der Waals surface area (Å²) in [5, 5.41) is 12.2. The molecule has 0 radical (unpaired) electrons. The second-order valence-electron chi connectivity index (χ2n) is 4.53. The Morgan fingerprint density at radius 1 is 1.05 bits per heavy atom. The Kier molecular flexibility index (Phi) is 2.61. The monoisotopic (exact) mass is 341 g/mol. The van der Waals surface area contributed by atoms with Crippen molar-refractivity contribution < 1.29 is 0 Å². The quantitative estimate of drug-likeness (QED) is 0.532. The number of rotatable bonds is 1. The summed E-state index contributed by atoms with van der Waals surface area (Å²) in [6, 6.07) is 14.7. The molecule has 4 rings (SSSR count). The Labute approximate surface area is 126 Å². The molecule has 0 spiro atoms. The van der Waals surface area contributed by atoms with Gasteiger partial charge in [-0.25, -0.2) is 4.57 Å². The number of para-hydroxylation sites is 1. The molecule has 6 nitrogen and oxygen atoms in total. The number of nitrogens with zero attached hydrogens (tertiary/aromatic N) is 5. The molecule has 0 aliphatic heterocycles. The van der Waals surface area contributed by atoms with Crippen LogP contribution in [0.2, 0.25) is 0 Å². The minimum Gasteiger partial charge on any atom is -0.268 e. The topological polar surface area (TPSA) is 65.1 Å². The smallest absolute Gasteiger partial charge is 0.267 e. The van der Waals surface area contributed by atoms with Gasteiger partial charge in [-0.15, -0.1) is 0 Å². The number of aromatic nitrogens is 5. The largest absolute Gasteiger partial charge is 0.268 e. The molecule has 2 heterocycles. The fourth-order valence-corrected chi connectivity index (χ4v) is 2.76. The van der Waals surface area contributed by atoms with Crippen LogP contribution in [0.5, 0.6) is 0 Å². The highest BCUT2D eigenvalue weighted by Crippen LogP contribution is 2.18. The fraction of sp³-hybridized carbons (Fsp3) is 0. The van der Waals surface area contributed by atoms with Crippen molar-refractivity contribution in [3.63, 3.8) is 0 Å². The average Bonchev–Trinajstić information content (AvgIpc) is 2.97. The van der Waals surface area contributed by atoms with Crippen molar-refractivity contribution in [3.05, 3.63) is 63.4 Å². The van der Waals surface area contributed by atoms with Gasteiger partial charge in [0.1, 0.15) is 0 Å². The molecule has 0 saturated heterocycles. The normalized spacial score (nSPS) is 11.3. The van der Waals surface area contributed by atoms with Crippen molar-refractivity contribution in [2.45, 2.75) is 0 Å². The lowest BCUT2D eigenvalue weighted by Crippen LogP contribution is -2.21. The van der Waals surface area contributed by atoms with Crippen LogP contribution in [0.3, 0.4) is 0 Å². The summed E-state index contributed by atoms with van der Waals surface area (Å²) in [5.74, 6) is 0.386. The van der Waals surface area contributed by atoms with Crippen LogP contribution in [-0.4, -0.2) is 24.6 Å². The molecule has 102 valence electrons. The van der Waals surface area contributed by atoms with Crippen LogP contribution in [0.15, 0.2) is 57.8 Å². The molecule has 0 N–H and O–H groups in total. The van der Waals surface area contributed by atoms with E-state index in [0.717, 1.165) is 4.47 Å². The van der Waals surface area contributed by atoms with E-state index >= 15 is 0 Å². The molecule has 21 heavy (non-hydrogen) atoms. The van der Waals surface area contributed by atoms with Gasteiger partial charge in [0.2, 0.25) is 0 Å². The summed E-state index contributed by atoms with van der Waals surface area (Å²) in [5.41, 5.74) is 1.25. The molecule has 2 aromatic carbocycles. The number of tetrazole rings is 1. The maximum absolute atomic E-state index is 12.8. The van der Waals surface area contributed by atoms with E-state index in [1.165, 1.54) is 4.57 Å². The van der Waals surface area contributed by atoms with E-state index < -0.39 is 0 Å². The van der Waals surface area contributed by atoms with E-state index in [9.17, 15) is 4.79 Å². The molecule has 0 fully saturated rings. The summed E-state index contributed by atoms with van der Waals surface area (Å²) in [6.07, 6.45) is 0. The molecule has 4 aromatic rings. The van der Waals surface area contributed by atoms with Crippen LogP contribution >= 0.6 is 15.9 Å². The van der Waals surface area contributed by atoms with Crippen molar-refractivity contribution in [1.29, 1.82) is 0 Å². The van der Waals surface area contributed by atoms with Crippen molar-refractivity contribution in [1.82, 2.24) is 24.6 Å². The number of hydrogen-bond donors (Lipinski definition) is 0. The van der Waals surface area contributed by atoms with E-state index in [0.29, 0.717) is 22.4 Å². The van der Waals surface area contributed by atoms with E-state index in [4.69, 9.17) is 0 Å². The highest BCUT2D eigenvalue weighted by molar-refractivity contribution is 9.10. The predicted molar refractivity (Wildman–Crippen MR) is 81.6 cm³/mol. The number of fused-ring (bicyclic) bond motifs is 3. The van der Waals surface area contributed by atoms with Crippen LogP contribution in [0, 0.1) is 0 Å². The van der Waals surface area contributed by atoms with Crippen molar-refractivity contribution in [3.8, 4) is 5.69 Å². The molecule has 0 saturated carbocycles. The lowest BCUT2D eigenvalue weighted by molar-refractivity contribution is 0.836. The Morgan fingerprint density at radius 2 is 1.90 bits per heavy atom. The minimum atomic E-state index is -0.147. The highest BCUT2D eigenvalue weighted by Gasteiger charge is 2.14. The zero-order valence-electron chi connectivity index (χ0n) is 10.6. The third-order valence-electron chi connectivity index (χ3n) is 3.29. The average molecular weight is 342 g/mol. The molecule has 0 amide bonds. The molecule has 7 heteroatoms. The first-order chi connectivity index (χ1) is 10.3. The summed E-state index contributed by atoms with van der Waals surface area (Å²) in [4.78, 5) is 12.8. The zero-order chi connectivity index (χ0) is 14.4. The van der Waals surface area contributed by atoms with Crippen LogP contribution in [-0.2, 0) is 0 Å². The van der Waals surface area contributed by atoms with Gasteiger partial charge >= 0.3 is 0 Å². The lowest BCUT2D eigenvalue weighted by Gasteiger charge is -2.09. The number of benzene rings is 2. The number of hydrogen-bond acceptors (Lipinski definition) is 4. The van der Waals surface area contributed by atoms with Crippen molar-refractivity contribution in [2.75, 3.05) is 0 Å². The van der Waals surface area contributed by atoms with Gasteiger partial charge in [0.15, 0.2) is 0 Å². The van der Waals surface area contributed by atoms with Gasteiger partial charge < -0.3 is 0 Å². The second-order valence-corrected chi connectivity index (χ2v) is 5.44. The molecule has 0 atom stereocenters. The van der Waals surface area contributed by atoms with Gasteiger partial charge in [-0.1, -0.05) is 39.2 Å². The maximum atomic E-state index is 12.8. The Hall–Kier alpha value is -2.54. The van der Waals surface area contributed by atoms with Crippen LogP contribution < -0.4 is 5.56 Å². The molecule has 2 aromatic heterocycles. The Balaban J connectivity index is 2.24. The SMILES string of the molecule is O=c1c2ccccc2n2nnnc2n1-c1cccc(Br)c1. The fourth-order valence-electron chi connectivity index (χ4n) is 2.38. The zero-order valence-corrected chi connectivity index (χ0v) is 12.2. The first-order valence-corrected chi connectivity index (χ1v) is 7.03. The first-order valence-electron chi connectivity index (χ1n) is 6.23. The van der Waals surface area contributed by atoms with E-state index in [1.54, 1.807) is 10.6 Å². The van der Waals surface area contributed by atoms with Crippen LogP contribution in [0.1, 0.15) is 0 Å². The van der Waals surface area contributed by atoms with E-state index in [1.807, 2.05) is 42.5 Å². The third-order valence-corrected chi connectivity index (χ3v) is 3.78. The summed E-state index contributed by atoms with van der Waals surface area (Å²) >= 11 is 3.41. The highest BCUT2D eigenvalue weighted by atomic mass is 79.9. The third kappa shape index (κ3) is 1.78. The standard InChI is InChI=1S/C14H8BrN5O/c15-9-4-3-5-10(8-9)19-13(21)11-6-1-2-7-12(11)20-14(19)16-17-18-20/h1-8H. The molecule has 0 aliphatic rings. The Bertz CT molecular complexity index is 1040. The predicted octanol–water partition coefficient (Wildman–Crippen LogP) is 2.19. The molecular formula is C14H8BrN5O. The summed E-state index contributed by atoms with van der Waals surface area (Å²) in [6.45, 7) is 0. The van der Waals surface area contributed by atoms with E-state index in [-0.39, 0.29) is 5.56 Å². The molecular weight excluding hydrogens is 334 g/mol. The molecule has 0 aliphatic carbocycles. The van der Waals surface area contributed by atoms with Gasteiger partial charge in [0, 0.05) is 4.47 Å². The van der Waals surface area contributed by atoms with Crippen molar-refractivity contribution >= 4 is 32.6 Å². The molecule has 0 bridgehead atoms. The van der Waals surface area contributed by atoms with Crippen molar-refractivity contribution in [2.24, 2.45) is 0 Å². The number of halogens is 1. The maximum Gasteiger partial charge on any atom is 0.267 e. The van der Waals surface area contributed by atoms with Crippen LogP contribution in [0.4, 0.5) is 0 Å². The lowest BCUT2D eigenvalue weighted by atomic mass is 10.2. The van der Waals surface area contributed by atoms with Gasteiger partial charge in [-0.05, 0) is 40.8 Å². The van der Waals surface area contributed by atoms with Gasteiger partial charge in [0.25, 0.3) is 11.3 Å². The van der Waals surface area contributed by atoms with Gasteiger partial charge in [0.05, 0.1) is 16.6 Å². The first kappa shape index (κ1) is 12.2. The summed E-state index contributed by atoms with van der Waals surface area (Å²) in [7, 11) is 0. The van der Waals surface area contributed by atoms with Gasteiger partial charge in [-0.2, -0.15) is 4.52 Å². The van der Waals surface area contributed by atoms with E-state index in [2.05, 4.69) is 31.5 Å². The van der Waals surface area contributed by atoms with Gasteiger partial charge in [-0.3, -0.25) is 4.79 Å². The summed E-state index contributed by atoms with van der Waals surface area (Å²) < 4.78 is 3.95.